The zero-order valence-electron chi connectivity index (χ0n) is 11.6. The highest BCUT2D eigenvalue weighted by molar-refractivity contribution is 6.01. The van der Waals surface area contributed by atoms with E-state index in [4.69, 9.17) is 9.47 Å². The molecule has 0 radical (unpaired) electrons. The Hall–Kier alpha value is -2.08. The van der Waals surface area contributed by atoms with Gasteiger partial charge in [0.05, 0.1) is 25.9 Å². The minimum atomic E-state index is -0.923. The monoisotopic (exact) mass is 291 g/mol. The summed E-state index contributed by atoms with van der Waals surface area (Å²) in [6.07, 6.45) is 0.344. The van der Waals surface area contributed by atoms with Gasteiger partial charge in [0.15, 0.2) is 11.5 Å². The summed E-state index contributed by atoms with van der Waals surface area (Å²) in [5.41, 5.74) is 0.603. The summed E-state index contributed by atoms with van der Waals surface area (Å²) < 4.78 is 11.1. The molecular formula is C15H17NO5. The minimum Gasteiger partial charge on any atom is -0.490 e. The highest BCUT2D eigenvalue weighted by Crippen LogP contribution is 2.32. The van der Waals surface area contributed by atoms with Crippen LogP contribution in [0.1, 0.15) is 30.9 Å². The third-order valence-corrected chi connectivity index (χ3v) is 3.67. The minimum absolute atomic E-state index is 0.0166. The van der Waals surface area contributed by atoms with Crippen LogP contribution in [0, 0.1) is 0 Å². The van der Waals surface area contributed by atoms with E-state index >= 15 is 0 Å². The molecule has 21 heavy (non-hydrogen) atoms. The topological polar surface area (TPSA) is 76.1 Å². The first-order valence-corrected chi connectivity index (χ1v) is 7.06. The van der Waals surface area contributed by atoms with Crippen molar-refractivity contribution in [3.8, 4) is 11.5 Å². The summed E-state index contributed by atoms with van der Waals surface area (Å²) in [6.45, 7) is 1.15. The van der Waals surface area contributed by atoms with Crippen LogP contribution in [0.5, 0.6) is 11.5 Å². The van der Waals surface area contributed by atoms with Crippen LogP contribution in [0.25, 0.3) is 0 Å². The molecule has 1 saturated heterocycles. The number of benzene rings is 1. The Morgan fingerprint density at radius 3 is 2.48 bits per heavy atom. The quantitative estimate of drug-likeness (QED) is 0.842. The SMILES string of the molecule is O=C1CCC(=O)N1CC(O)c1ccc2c(c1)OCCCO2. The van der Waals surface area contributed by atoms with E-state index in [1.807, 2.05) is 0 Å². The molecule has 0 bridgehead atoms. The molecule has 6 heteroatoms. The van der Waals surface area contributed by atoms with E-state index in [1.165, 1.54) is 0 Å². The molecule has 2 aliphatic rings. The lowest BCUT2D eigenvalue weighted by molar-refractivity contribution is -0.140. The fourth-order valence-corrected chi connectivity index (χ4v) is 2.49. The molecule has 2 heterocycles. The fraction of sp³-hybridized carbons (Fsp3) is 0.467. The largest absolute Gasteiger partial charge is 0.490 e. The maximum Gasteiger partial charge on any atom is 0.229 e. The van der Waals surface area contributed by atoms with E-state index in [1.54, 1.807) is 18.2 Å². The van der Waals surface area contributed by atoms with Gasteiger partial charge in [-0.2, -0.15) is 0 Å². The first kappa shape index (κ1) is 13.9. The normalized spacial score (nSPS) is 19.6. The third kappa shape index (κ3) is 2.85. The molecule has 6 nitrogen and oxygen atoms in total. The van der Waals surface area contributed by atoms with E-state index < -0.39 is 6.10 Å². The van der Waals surface area contributed by atoms with Crippen LogP contribution in [0.3, 0.4) is 0 Å². The van der Waals surface area contributed by atoms with Gasteiger partial charge in [-0.3, -0.25) is 14.5 Å². The van der Waals surface area contributed by atoms with Gasteiger partial charge < -0.3 is 14.6 Å². The predicted molar refractivity (Wildman–Crippen MR) is 73.0 cm³/mol. The second-order valence-electron chi connectivity index (χ2n) is 5.17. The van der Waals surface area contributed by atoms with Crippen LogP contribution in [-0.2, 0) is 9.59 Å². The Labute approximate surface area is 122 Å². The van der Waals surface area contributed by atoms with Gasteiger partial charge in [-0.1, -0.05) is 6.07 Å². The summed E-state index contributed by atoms with van der Waals surface area (Å²) >= 11 is 0. The van der Waals surface area contributed by atoms with E-state index in [0.717, 1.165) is 11.3 Å². The van der Waals surface area contributed by atoms with Crippen LogP contribution < -0.4 is 9.47 Å². The van der Waals surface area contributed by atoms with Gasteiger partial charge in [0.25, 0.3) is 0 Å². The van der Waals surface area contributed by atoms with Crippen LogP contribution in [0.4, 0.5) is 0 Å². The van der Waals surface area contributed by atoms with E-state index in [-0.39, 0.29) is 31.2 Å². The highest BCUT2D eigenvalue weighted by Gasteiger charge is 2.31. The average Bonchev–Trinajstić information content (AvgIpc) is 2.70. The summed E-state index contributed by atoms with van der Waals surface area (Å²) in [6, 6.07) is 5.17. The van der Waals surface area contributed by atoms with Gasteiger partial charge in [-0.25, -0.2) is 0 Å². The number of rotatable bonds is 3. The standard InChI is InChI=1S/C15H17NO5/c17-11(9-16-14(18)4-5-15(16)19)10-2-3-12-13(8-10)21-7-1-6-20-12/h2-3,8,11,17H,1,4-7,9H2. The lowest BCUT2D eigenvalue weighted by Crippen LogP contribution is -2.33. The van der Waals surface area contributed by atoms with Crippen LogP contribution in [-0.4, -0.2) is 41.6 Å². The molecule has 1 unspecified atom stereocenters. The maximum absolute atomic E-state index is 11.6. The Morgan fingerprint density at radius 2 is 1.76 bits per heavy atom. The average molecular weight is 291 g/mol. The Balaban J connectivity index is 1.75. The molecule has 1 atom stereocenters. The number of aliphatic hydroxyl groups excluding tert-OH is 1. The van der Waals surface area contributed by atoms with Gasteiger partial charge in [-0.05, 0) is 17.7 Å². The third-order valence-electron chi connectivity index (χ3n) is 3.67. The number of aliphatic hydroxyl groups is 1. The molecule has 112 valence electrons. The molecule has 3 rings (SSSR count). The van der Waals surface area contributed by atoms with Crippen molar-refractivity contribution in [1.82, 2.24) is 4.90 Å². The van der Waals surface area contributed by atoms with Crippen molar-refractivity contribution >= 4 is 11.8 Å². The van der Waals surface area contributed by atoms with Gasteiger partial charge in [0.2, 0.25) is 11.8 Å². The molecule has 1 aromatic rings. The Kier molecular flexibility index (Phi) is 3.79. The van der Waals surface area contributed by atoms with Crippen LogP contribution in [0.15, 0.2) is 18.2 Å². The molecular weight excluding hydrogens is 274 g/mol. The van der Waals surface area contributed by atoms with Crippen LogP contribution in [0.2, 0.25) is 0 Å². The number of amides is 2. The van der Waals surface area contributed by atoms with E-state index in [9.17, 15) is 14.7 Å². The number of hydrogen-bond donors (Lipinski definition) is 1. The first-order valence-electron chi connectivity index (χ1n) is 7.06. The summed E-state index contributed by atoms with van der Waals surface area (Å²) in [5, 5.41) is 10.2. The maximum atomic E-state index is 11.6. The smallest absolute Gasteiger partial charge is 0.229 e. The molecule has 1 aromatic carbocycles. The van der Waals surface area contributed by atoms with Gasteiger partial charge in [-0.15, -0.1) is 0 Å². The lowest BCUT2D eigenvalue weighted by atomic mass is 10.1. The second-order valence-corrected chi connectivity index (χ2v) is 5.17. The predicted octanol–water partition coefficient (Wildman–Crippen LogP) is 1.03. The van der Waals surface area contributed by atoms with Crippen LogP contribution >= 0.6 is 0 Å². The van der Waals surface area contributed by atoms with Gasteiger partial charge in [0.1, 0.15) is 0 Å². The zero-order chi connectivity index (χ0) is 14.8. The molecule has 0 saturated carbocycles. The molecule has 0 aliphatic carbocycles. The van der Waals surface area contributed by atoms with Gasteiger partial charge >= 0.3 is 0 Å². The Bertz CT molecular complexity index is 555. The molecule has 1 N–H and O–H groups in total. The molecule has 2 aliphatic heterocycles. The number of likely N-dealkylation sites (tertiary alicyclic amines) is 1. The number of hydrogen-bond acceptors (Lipinski definition) is 5. The molecule has 0 spiro atoms. The van der Waals surface area contributed by atoms with Gasteiger partial charge in [0, 0.05) is 19.3 Å². The number of nitrogens with zero attached hydrogens (tertiary/aromatic N) is 1. The van der Waals surface area contributed by atoms with Crippen molar-refractivity contribution < 1.29 is 24.2 Å². The highest BCUT2D eigenvalue weighted by atomic mass is 16.5. The number of carbonyl (C=O) groups excluding carboxylic acids is 2. The number of imide groups is 1. The Morgan fingerprint density at radius 1 is 1.10 bits per heavy atom. The van der Waals surface area contributed by atoms with Crippen molar-refractivity contribution in [1.29, 1.82) is 0 Å². The zero-order valence-corrected chi connectivity index (χ0v) is 11.6. The summed E-state index contributed by atoms with van der Waals surface area (Å²) in [7, 11) is 0. The van der Waals surface area contributed by atoms with Crippen molar-refractivity contribution in [3.63, 3.8) is 0 Å². The van der Waals surface area contributed by atoms with Crippen molar-refractivity contribution in [3.05, 3.63) is 23.8 Å². The van der Waals surface area contributed by atoms with Crippen molar-refractivity contribution in [2.45, 2.75) is 25.4 Å². The van der Waals surface area contributed by atoms with E-state index in [2.05, 4.69) is 0 Å². The number of ether oxygens (including phenoxy) is 2. The number of carbonyl (C=O) groups is 2. The molecule has 1 fully saturated rings. The molecule has 2 amide bonds. The summed E-state index contributed by atoms with van der Waals surface area (Å²) in [5.74, 6) is 0.779. The fourth-order valence-electron chi connectivity index (χ4n) is 2.49. The first-order chi connectivity index (χ1) is 10.1. The van der Waals surface area contributed by atoms with Crippen molar-refractivity contribution in [2.24, 2.45) is 0 Å². The van der Waals surface area contributed by atoms with Crippen molar-refractivity contribution in [2.75, 3.05) is 19.8 Å². The number of β-amino-alcohol motifs (C(OH)–C–C–N with tert-alkyl or cyclic N) is 1. The van der Waals surface area contributed by atoms with E-state index in [0.29, 0.717) is 30.3 Å². The molecule has 0 aromatic heterocycles. The summed E-state index contributed by atoms with van der Waals surface area (Å²) in [4.78, 5) is 24.3. The lowest BCUT2D eigenvalue weighted by Gasteiger charge is -2.19. The second kappa shape index (κ2) is 5.73. The number of fused-ring (bicyclic) bond motifs is 1.